The lowest BCUT2D eigenvalue weighted by Crippen LogP contribution is -2.11. The van der Waals surface area contributed by atoms with Gasteiger partial charge in [0.2, 0.25) is 0 Å². The third-order valence-electron chi connectivity index (χ3n) is 3.01. The lowest BCUT2D eigenvalue weighted by molar-refractivity contribution is 0.0961. The maximum absolute atomic E-state index is 12.5. The number of nitrogens with zero attached hydrogens (tertiary/aromatic N) is 2. The molecular weight excluding hydrogens is 240 g/mol. The number of carbonyl (C=O) groups excluding carboxylic acids is 1. The number of para-hydroxylation sites is 3. The standard InChI is InChI=1S/C15H12N2O2/c1-19-14-9-5-2-6-11(14)15(18)17-10-16-12-7-3-4-8-13(12)17/h2-10H,1H3. The lowest BCUT2D eigenvalue weighted by atomic mass is 10.2. The molecule has 1 aromatic heterocycles. The smallest absolute Gasteiger partial charge is 0.267 e. The summed E-state index contributed by atoms with van der Waals surface area (Å²) in [5.41, 5.74) is 2.11. The van der Waals surface area contributed by atoms with Crippen LogP contribution >= 0.6 is 0 Å². The van der Waals surface area contributed by atoms with Crippen molar-refractivity contribution in [2.24, 2.45) is 0 Å². The molecule has 19 heavy (non-hydrogen) atoms. The van der Waals surface area contributed by atoms with Crippen molar-refractivity contribution >= 4 is 16.9 Å². The van der Waals surface area contributed by atoms with Gasteiger partial charge >= 0.3 is 0 Å². The summed E-state index contributed by atoms with van der Waals surface area (Å²) in [5.74, 6) is 0.413. The van der Waals surface area contributed by atoms with Gasteiger partial charge < -0.3 is 4.74 Å². The van der Waals surface area contributed by atoms with Gasteiger partial charge in [0.1, 0.15) is 12.1 Å². The summed E-state index contributed by atoms with van der Waals surface area (Å²) < 4.78 is 6.76. The highest BCUT2D eigenvalue weighted by Gasteiger charge is 2.15. The Morgan fingerprint density at radius 3 is 2.68 bits per heavy atom. The molecule has 3 rings (SSSR count). The van der Waals surface area contributed by atoms with E-state index in [-0.39, 0.29) is 5.91 Å². The van der Waals surface area contributed by atoms with E-state index in [0.29, 0.717) is 11.3 Å². The minimum atomic E-state index is -0.147. The quantitative estimate of drug-likeness (QED) is 0.704. The van der Waals surface area contributed by atoms with E-state index in [1.165, 1.54) is 4.57 Å². The van der Waals surface area contributed by atoms with Gasteiger partial charge in [0.15, 0.2) is 0 Å². The zero-order valence-electron chi connectivity index (χ0n) is 10.4. The summed E-state index contributed by atoms with van der Waals surface area (Å²) in [6.07, 6.45) is 1.54. The molecule has 94 valence electrons. The monoisotopic (exact) mass is 252 g/mol. The van der Waals surface area contributed by atoms with Crippen molar-refractivity contribution in [1.29, 1.82) is 0 Å². The molecule has 0 radical (unpaired) electrons. The van der Waals surface area contributed by atoms with Crippen LogP contribution in [0.25, 0.3) is 11.0 Å². The van der Waals surface area contributed by atoms with Gasteiger partial charge in [0, 0.05) is 0 Å². The number of ether oxygens (including phenoxy) is 1. The Kier molecular flexibility index (Phi) is 2.76. The molecule has 0 bridgehead atoms. The molecular formula is C15H12N2O2. The topological polar surface area (TPSA) is 44.1 Å². The summed E-state index contributed by atoms with van der Waals surface area (Å²) in [4.78, 5) is 16.8. The minimum absolute atomic E-state index is 0.147. The molecule has 2 aromatic carbocycles. The maximum Gasteiger partial charge on any atom is 0.267 e. The molecule has 1 heterocycles. The van der Waals surface area contributed by atoms with Crippen molar-refractivity contribution < 1.29 is 9.53 Å². The minimum Gasteiger partial charge on any atom is -0.496 e. The number of benzene rings is 2. The van der Waals surface area contributed by atoms with Crippen molar-refractivity contribution in [3.05, 3.63) is 60.4 Å². The largest absolute Gasteiger partial charge is 0.496 e. The second-order valence-corrected chi connectivity index (χ2v) is 4.11. The molecule has 0 N–H and O–H groups in total. The van der Waals surface area contributed by atoms with E-state index < -0.39 is 0 Å². The Labute approximate surface area is 110 Å². The normalized spacial score (nSPS) is 10.6. The highest BCUT2D eigenvalue weighted by molar-refractivity contribution is 6.02. The van der Waals surface area contributed by atoms with Crippen LogP contribution in [-0.4, -0.2) is 22.6 Å². The van der Waals surface area contributed by atoms with Gasteiger partial charge in [-0.3, -0.25) is 9.36 Å². The van der Waals surface area contributed by atoms with E-state index in [1.54, 1.807) is 25.6 Å². The molecule has 0 fully saturated rings. The Hall–Kier alpha value is -2.62. The second-order valence-electron chi connectivity index (χ2n) is 4.11. The molecule has 0 amide bonds. The van der Waals surface area contributed by atoms with Gasteiger partial charge in [0.05, 0.1) is 23.7 Å². The second kappa shape index (κ2) is 4.57. The third-order valence-corrected chi connectivity index (χ3v) is 3.01. The molecule has 0 saturated heterocycles. The van der Waals surface area contributed by atoms with Crippen LogP contribution in [0.1, 0.15) is 10.4 Å². The predicted molar refractivity (Wildman–Crippen MR) is 72.5 cm³/mol. The SMILES string of the molecule is COc1ccccc1C(=O)n1cnc2ccccc21. The van der Waals surface area contributed by atoms with Gasteiger partial charge in [-0.05, 0) is 24.3 Å². The summed E-state index contributed by atoms with van der Waals surface area (Å²) in [7, 11) is 1.55. The van der Waals surface area contributed by atoms with Crippen molar-refractivity contribution in [2.75, 3.05) is 7.11 Å². The molecule has 0 aliphatic carbocycles. The van der Waals surface area contributed by atoms with Crippen LogP contribution in [0, 0.1) is 0 Å². The maximum atomic E-state index is 12.5. The average Bonchev–Trinajstić information content (AvgIpc) is 2.90. The van der Waals surface area contributed by atoms with E-state index >= 15 is 0 Å². The first-order valence-electron chi connectivity index (χ1n) is 5.91. The molecule has 4 nitrogen and oxygen atoms in total. The van der Waals surface area contributed by atoms with E-state index in [1.807, 2.05) is 36.4 Å². The van der Waals surface area contributed by atoms with Crippen molar-refractivity contribution in [3.8, 4) is 5.75 Å². The van der Waals surface area contributed by atoms with E-state index in [9.17, 15) is 4.79 Å². The number of carbonyl (C=O) groups is 1. The number of hydrogen-bond donors (Lipinski definition) is 0. The molecule has 0 aliphatic heterocycles. The molecule has 4 heteroatoms. The fraction of sp³-hybridized carbons (Fsp3) is 0.0667. The highest BCUT2D eigenvalue weighted by Crippen LogP contribution is 2.21. The van der Waals surface area contributed by atoms with Gasteiger partial charge in [-0.2, -0.15) is 0 Å². The first-order chi connectivity index (χ1) is 9.31. The lowest BCUT2D eigenvalue weighted by Gasteiger charge is -2.07. The van der Waals surface area contributed by atoms with E-state index in [4.69, 9.17) is 4.74 Å². The first-order valence-corrected chi connectivity index (χ1v) is 5.91. The fourth-order valence-corrected chi connectivity index (χ4v) is 2.07. The third kappa shape index (κ3) is 1.87. The van der Waals surface area contributed by atoms with Gasteiger partial charge in [-0.1, -0.05) is 24.3 Å². The zero-order chi connectivity index (χ0) is 13.2. The number of hydrogen-bond acceptors (Lipinski definition) is 3. The fourth-order valence-electron chi connectivity index (χ4n) is 2.07. The molecule has 0 unspecified atom stereocenters. The first kappa shape index (κ1) is 11.5. The highest BCUT2D eigenvalue weighted by atomic mass is 16.5. The van der Waals surface area contributed by atoms with Crippen LogP contribution in [-0.2, 0) is 0 Å². The Balaban J connectivity index is 2.14. The van der Waals surface area contributed by atoms with Crippen molar-refractivity contribution in [1.82, 2.24) is 9.55 Å². The summed E-state index contributed by atoms with van der Waals surface area (Å²) in [6, 6.07) is 14.7. The number of methoxy groups -OCH3 is 1. The van der Waals surface area contributed by atoms with Crippen LogP contribution in [0.15, 0.2) is 54.9 Å². The van der Waals surface area contributed by atoms with Gasteiger partial charge in [0.25, 0.3) is 5.91 Å². The number of rotatable bonds is 2. The number of aromatic nitrogens is 2. The Morgan fingerprint density at radius 2 is 1.84 bits per heavy atom. The Bertz CT molecular complexity index is 746. The molecule has 3 aromatic rings. The van der Waals surface area contributed by atoms with Crippen LogP contribution in [0.3, 0.4) is 0 Å². The van der Waals surface area contributed by atoms with Crippen LogP contribution in [0.5, 0.6) is 5.75 Å². The summed E-state index contributed by atoms with van der Waals surface area (Å²) in [6.45, 7) is 0. The van der Waals surface area contributed by atoms with Gasteiger partial charge in [-0.15, -0.1) is 0 Å². The van der Waals surface area contributed by atoms with Crippen molar-refractivity contribution in [2.45, 2.75) is 0 Å². The van der Waals surface area contributed by atoms with Crippen LogP contribution in [0.2, 0.25) is 0 Å². The summed E-state index contributed by atoms with van der Waals surface area (Å²) in [5, 5.41) is 0. The molecule has 0 atom stereocenters. The van der Waals surface area contributed by atoms with Crippen LogP contribution in [0.4, 0.5) is 0 Å². The van der Waals surface area contributed by atoms with E-state index in [2.05, 4.69) is 4.98 Å². The average molecular weight is 252 g/mol. The van der Waals surface area contributed by atoms with E-state index in [0.717, 1.165) is 11.0 Å². The number of imidazole rings is 1. The Morgan fingerprint density at radius 1 is 1.11 bits per heavy atom. The predicted octanol–water partition coefficient (Wildman–Crippen LogP) is 2.73. The molecule has 0 spiro atoms. The van der Waals surface area contributed by atoms with Crippen LogP contribution < -0.4 is 4.74 Å². The van der Waals surface area contributed by atoms with Gasteiger partial charge in [-0.25, -0.2) is 4.98 Å². The molecule has 0 aliphatic rings. The van der Waals surface area contributed by atoms with Crippen molar-refractivity contribution in [3.63, 3.8) is 0 Å². The summed E-state index contributed by atoms with van der Waals surface area (Å²) >= 11 is 0. The zero-order valence-corrected chi connectivity index (χ0v) is 10.4. The molecule has 0 saturated carbocycles. The number of fused-ring (bicyclic) bond motifs is 1.